The van der Waals surface area contributed by atoms with E-state index in [4.69, 9.17) is 4.74 Å². The highest BCUT2D eigenvalue weighted by Crippen LogP contribution is 2.40. The molecule has 1 atom stereocenters. The van der Waals surface area contributed by atoms with Crippen LogP contribution in [-0.4, -0.2) is 23.8 Å². The highest BCUT2D eigenvalue weighted by atomic mass is 16.5. The molecule has 2 fully saturated rings. The molecule has 0 aromatic carbocycles. The SMILES string of the molecule is CCCC(=O)C1COC2(CCCC2)C1=O. The Morgan fingerprint density at radius 2 is 2.13 bits per heavy atom. The van der Waals surface area contributed by atoms with Gasteiger partial charge in [0, 0.05) is 6.42 Å². The maximum atomic E-state index is 12.1. The smallest absolute Gasteiger partial charge is 0.177 e. The van der Waals surface area contributed by atoms with E-state index in [0.29, 0.717) is 13.0 Å². The molecular formula is C12H18O3. The summed E-state index contributed by atoms with van der Waals surface area (Å²) >= 11 is 0. The Hall–Kier alpha value is -0.700. The highest BCUT2D eigenvalue weighted by Gasteiger charge is 2.52. The minimum atomic E-state index is -0.561. The molecule has 3 nitrogen and oxygen atoms in total. The van der Waals surface area contributed by atoms with Crippen LogP contribution in [0.4, 0.5) is 0 Å². The zero-order valence-corrected chi connectivity index (χ0v) is 9.25. The van der Waals surface area contributed by atoms with Gasteiger partial charge in [0.05, 0.1) is 6.61 Å². The van der Waals surface area contributed by atoms with Crippen molar-refractivity contribution in [3.8, 4) is 0 Å². The Morgan fingerprint density at radius 1 is 1.47 bits per heavy atom. The highest BCUT2D eigenvalue weighted by molar-refractivity contribution is 6.07. The lowest BCUT2D eigenvalue weighted by Gasteiger charge is -2.19. The van der Waals surface area contributed by atoms with E-state index in [9.17, 15) is 9.59 Å². The summed E-state index contributed by atoms with van der Waals surface area (Å²) in [6.07, 6.45) is 5.08. The van der Waals surface area contributed by atoms with E-state index in [-0.39, 0.29) is 11.6 Å². The lowest BCUT2D eigenvalue weighted by molar-refractivity contribution is -0.135. The van der Waals surface area contributed by atoms with Crippen molar-refractivity contribution in [3.63, 3.8) is 0 Å². The predicted octanol–water partition coefficient (Wildman–Crippen LogP) is 1.88. The minimum absolute atomic E-state index is 0.0680. The molecule has 1 saturated carbocycles. The van der Waals surface area contributed by atoms with Crippen LogP contribution in [0.5, 0.6) is 0 Å². The topological polar surface area (TPSA) is 43.4 Å². The van der Waals surface area contributed by atoms with Crippen molar-refractivity contribution < 1.29 is 14.3 Å². The van der Waals surface area contributed by atoms with E-state index in [2.05, 4.69) is 0 Å². The second kappa shape index (κ2) is 4.05. The van der Waals surface area contributed by atoms with Crippen LogP contribution in [0.1, 0.15) is 45.4 Å². The van der Waals surface area contributed by atoms with Crippen LogP contribution in [-0.2, 0) is 14.3 Å². The van der Waals surface area contributed by atoms with Crippen molar-refractivity contribution >= 4 is 11.6 Å². The number of hydrogen-bond acceptors (Lipinski definition) is 3. The van der Waals surface area contributed by atoms with Gasteiger partial charge in [0.15, 0.2) is 5.78 Å². The molecule has 1 heterocycles. The molecular weight excluding hydrogens is 192 g/mol. The third-order valence-electron chi connectivity index (χ3n) is 3.59. The van der Waals surface area contributed by atoms with E-state index < -0.39 is 11.5 Å². The fraction of sp³-hybridized carbons (Fsp3) is 0.833. The average molecular weight is 210 g/mol. The summed E-state index contributed by atoms with van der Waals surface area (Å²) in [7, 11) is 0. The number of carbonyl (C=O) groups is 2. The molecule has 1 unspecified atom stereocenters. The molecule has 1 spiro atoms. The Balaban J connectivity index is 2.06. The van der Waals surface area contributed by atoms with Crippen LogP contribution in [0.15, 0.2) is 0 Å². The van der Waals surface area contributed by atoms with Crippen LogP contribution in [0.3, 0.4) is 0 Å². The lowest BCUT2D eigenvalue weighted by Crippen LogP contribution is -2.36. The standard InChI is InChI=1S/C12H18O3/c1-2-5-10(13)9-8-15-12(11(9)14)6-3-4-7-12/h9H,2-8H2,1H3. The van der Waals surface area contributed by atoms with Gasteiger partial charge in [-0.25, -0.2) is 0 Å². The second-order valence-electron chi connectivity index (χ2n) is 4.65. The second-order valence-corrected chi connectivity index (χ2v) is 4.65. The normalized spacial score (nSPS) is 28.9. The zero-order chi connectivity index (χ0) is 10.9. The van der Waals surface area contributed by atoms with Gasteiger partial charge in [-0.3, -0.25) is 9.59 Å². The monoisotopic (exact) mass is 210 g/mol. The molecule has 1 aliphatic carbocycles. The summed E-state index contributed by atoms with van der Waals surface area (Å²) in [6, 6.07) is 0. The first-order chi connectivity index (χ1) is 7.19. The van der Waals surface area contributed by atoms with Gasteiger partial charge in [0.25, 0.3) is 0 Å². The lowest BCUT2D eigenvalue weighted by atomic mass is 9.87. The molecule has 0 radical (unpaired) electrons. The van der Waals surface area contributed by atoms with E-state index >= 15 is 0 Å². The van der Waals surface area contributed by atoms with Gasteiger partial charge in [0.1, 0.15) is 17.3 Å². The fourth-order valence-electron chi connectivity index (χ4n) is 2.70. The van der Waals surface area contributed by atoms with Crippen molar-refractivity contribution in [2.45, 2.75) is 51.0 Å². The molecule has 15 heavy (non-hydrogen) atoms. The third kappa shape index (κ3) is 1.73. The fourth-order valence-corrected chi connectivity index (χ4v) is 2.70. The first-order valence-electron chi connectivity index (χ1n) is 5.90. The Morgan fingerprint density at radius 3 is 2.73 bits per heavy atom. The summed E-state index contributed by atoms with van der Waals surface area (Å²) in [5.41, 5.74) is -0.561. The van der Waals surface area contributed by atoms with Crippen molar-refractivity contribution in [3.05, 3.63) is 0 Å². The van der Waals surface area contributed by atoms with Crippen molar-refractivity contribution in [1.29, 1.82) is 0 Å². The number of rotatable bonds is 3. The van der Waals surface area contributed by atoms with Crippen LogP contribution in [0, 0.1) is 5.92 Å². The largest absolute Gasteiger partial charge is 0.366 e. The van der Waals surface area contributed by atoms with Gasteiger partial charge in [-0.05, 0) is 32.1 Å². The Bertz CT molecular complexity index is 277. The number of ether oxygens (including phenoxy) is 1. The quantitative estimate of drug-likeness (QED) is 0.668. The summed E-state index contributed by atoms with van der Waals surface area (Å²) in [4.78, 5) is 23.8. The molecule has 0 bridgehead atoms. The summed E-state index contributed by atoms with van der Waals surface area (Å²) in [6.45, 7) is 2.29. The van der Waals surface area contributed by atoms with Gasteiger partial charge >= 0.3 is 0 Å². The van der Waals surface area contributed by atoms with Gasteiger partial charge in [0.2, 0.25) is 0 Å². The van der Waals surface area contributed by atoms with Crippen molar-refractivity contribution in [2.24, 2.45) is 5.92 Å². The Labute approximate surface area is 90.2 Å². The van der Waals surface area contributed by atoms with Crippen molar-refractivity contribution in [1.82, 2.24) is 0 Å². The molecule has 84 valence electrons. The van der Waals surface area contributed by atoms with Crippen LogP contribution in [0.2, 0.25) is 0 Å². The maximum absolute atomic E-state index is 12.1. The van der Waals surface area contributed by atoms with Crippen molar-refractivity contribution in [2.75, 3.05) is 6.61 Å². The van der Waals surface area contributed by atoms with Crippen LogP contribution >= 0.6 is 0 Å². The zero-order valence-electron chi connectivity index (χ0n) is 9.25. The number of Topliss-reactive ketones (excluding diaryl/α,β-unsaturated/α-hetero) is 2. The van der Waals surface area contributed by atoms with Gasteiger partial charge < -0.3 is 4.74 Å². The summed E-state index contributed by atoms with van der Waals surface area (Å²) in [5.74, 6) is -0.312. The van der Waals surface area contributed by atoms with E-state index in [1.807, 2.05) is 6.92 Å². The van der Waals surface area contributed by atoms with E-state index in [1.165, 1.54) is 0 Å². The first kappa shape index (κ1) is 10.8. The molecule has 1 aliphatic heterocycles. The Kier molecular flexibility index (Phi) is 2.91. The van der Waals surface area contributed by atoms with E-state index in [1.54, 1.807) is 0 Å². The molecule has 2 aliphatic rings. The van der Waals surface area contributed by atoms with Gasteiger partial charge in [-0.15, -0.1) is 0 Å². The minimum Gasteiger partial charge on any atom is -0.366 e. The van der Waals surface area contributed by atoms with E-state index in [0.717, 1.165) is 32.1 Å². The first-order valence-corrected chi connectivity index (χ1v) is 5.90. The van der Waals surface area contributed by atoms with Gasteiger partial charge in [-0.2, -0.15) is 0 Å². The molecule has 1 saturated heterocycles. The summed E-state index contributed by atoms with van der Waals surface area (Å²) in [5, 5.41) is 0. The molecule has 0 aromatic rings. The van der Waals surface area contributed by atoms with Gasteiger partial charge in [-0.1, -0.05) is 6.92 Å². The van der Waals surface area contributed by atoms with Crippen LogP contribution in [0.25, 0.3) is 0 Å². The molecule has 2 rings (SSSR count). The number of hydrogen-bond donors (Lipinski definition) is 0. The average Bonchev–Trinajstić information content (AvgIpc) is 2.79. The molecule has 0 N–H and O–H groups in total. The predicted molar refractivity (Wildman–Crippen MR) is 55.6 cm³/mol. The summed E-state index contributed by atoms with van der Waals surface area (Å²) < 4.78 is 5.62. The van der Waals surface area contributed by atoms with Crippen LogP contribution < -0.4 is 0 Å². The maximum Gasteiger partial charge on any atom is 0.177 e. The number of ketones is 2. The third-order valence-corrected chi connectivity index (χ3v) is 3.59. The molecule has 0 aromatic heterocycles. The molecule has 0 amide bonds. The number of carbonyl (C=O) groups excluding carboxylic acids is 2. The molecule has 3 heteroatoms.